The molecule has 446 valence electrons. The Morgan fingerprint density at radius 3 is 1.11 bits per heavy atom. The van der Waals surface area contributed by atoms with Gasteiger partial charge in [-0.15, -0.1) is 0 Å². The zero-order valence-electron chi connectivity index (χ0n) is 52.0. The number of benzene rings is 14. The first-order chi connectivity index (χ1) is 47.1. The van der Waals surface area contributed by atoms with E-state index in [1.807, 2.05) is 0 Å². The maximum Gasteiger partial charge on any atom is 0.237 e. The van der Waals surface area contributed by atoms with Crippen LogP contribution in [0.5, 0.6) is 0 Å². The average molecular weight is 1240 g/mol. The van der Waals surface area contributed by atoms with Crippen LogP contribution in [-0.2, 0) is 0 Å². The molecule has 0 unspecified atom stereocenters. The van der Waals surface area contributed by atoms with Crippen LogP contribution in [0.2, 0.25) is 0 Å². The molecule has 0 saturated heterocycles. The molecule has 14 aromatic carbocycles. The van der Waals surface area contributed by atoms with Gasteiger partial charge in [0.2, 0.25) is 5.95 Å². The van der Waals surface area contributed by atoms with Crippen LogP contribution in [0.4, 0.5) is 0 Å². The van der Waals surface area contributed by atoms with Gasteiger partial charge >= 0.3 is 0 Å². The van der Waals surface area contributed by atoms with Gasteiger partial charge in [0.1, 0.15) is 5.82 Å². The first kappa shape index (κ1) is 55.8. The fourth-order valence-corrected chi connectivity index (χ4v) is 25.4. The number of aromatic nitrogens is 5. The molecule has 0 spiro atoms. The lowest BCUT2D eigenvalue weighted by atomic mass is 10.1. The molecule has 18 rings (SSSR count). The Hall–Kier alpha value is -12.0. The van der Waals surface area contributed by atoms with Gasteiger partial charge in [-0.3, -0.25) is 9.13 Å². The van der Waals surface area contributed by atoms with Gasteiger partial charge in [0, 0.05) is 49.6 Å². The predicted molar refractivity (Wildman–Crippen MR) is 403 cm³/mol. The molecule has 0 aliphatic rings. The topological polar surface area (TPSA) is 40.6 Å². The summed E-state index contributed by atoms with van der Waals surface area (Å²) in [6.07, 6.45) is 0. The molecule has 0 atom stereocenters. The molecule has 0 saturated carbocycles. The Labute approximate surface area is 553 Å². The summed E-state index contributed by atoms with van der Waals surface area (Å²) in [5.41, 5.74) is 11.7. The maximum atomic E-state index is 5.94. The summed E-state index contributed by atoms with van der Waals surface area (Å²) < 4.78 is 7.20. The molecule has 0 aliphatic heterocycles. The number of nitrogens with zero attached hydrogens (tertiary/aromatic N) is 5. The van der Waals surface area contributed by atoms with E-state index >= 15 is 0 Å². The summed E-state index contributed by atoms with van der Waals surface area (Å²) in [6, 6.07) is 137. The normalized spacial score (nSPS) is 12.0. The molecule has 18 aromatic rings. The molecule has 95 heavy (non-hydrogen) atoms. The number of rotatable bonds is 13. The number of hydrogen-bond acceptors (Lipinski definition) is 2. The molecule has 0 fully saturated rings. The van der Waals surface area contributed by atoms with Crippen molar-refractivity contribution in [1.29, 1.82) is 0 Å². The van der Waals surface area contributed by atoms with Gasteiger partial charge in [0.25, 0.3) is 0 Å². The first-order valence-corrected chi connectivity index (χ1v) is 36.6. The summed E-state index contributed by atoms with van der Waals surface area (Å²) in [5, 5.41) is 17.3. The molecule has 4 heterocycles. The van der Waals surface area contributed by atoms with Gasteiger partial charge in [-0.2, -0.15) is 4.98 Å². The van der Waals surface area contributed by atoms with Crippen molar-refractivity contribution < 1.29 is 0 Å². The molecule has 0 radical (unpaired) electrons. The van der Waals surface area contributed by atoms with Crippen molar-refractivity contribution in [3.63, 3.8) is 0 Å². The highest BCUT2D eigenvalue weighted by Crippen LogP contribution is 2.43. The van der Waals surface area contributed by atoms with Crippen LogP contribution >= 0.6 is 0 Å². The maximum absolute atomic E-state index is 5.94. The third kappa shape index (κ3) is 8.89. The summed E-state index contributed by atoms with van der Waals surface area (Å²) >= 11 is 0. The van der Waals surface area contributed by atoms with Crippen LogP contribution in [-0.4, -0.2) is 39.8 Å². The molecule has 0 bridgehead atoms. The summed E-state index contributed by atoms with van der Waals surface area (Å²) in [6.45, 7) is 0. The van der Waals surface area contributed by atoms with Crippen LogP contribution in [0.25, 0.3) is 105 Å². The Balaban J connectivity index is 0.910. The molecular weight excluding hydrogens is 1180 g/mol. The zero-order valence-corrected chi connectivity index (χ0v) is 54.0. The van der Waals surface area contributed by atoms with Crippen LogP contribution < -0.4 is 41.5 Å². The smallest absolute Gasteiger partial charge is 0.237 e. The van der Waals surface area contributed by atoms with Crippen molar-refractivity contribution in [3.05, 3.63) is 370 Å². The first-order valence-electron chi connectivity index (χ1n) is 32.6. The second-order valence-corrected chi connectivity index (χ2v) is 32.4. The molecule has 0 aliphatic carbocycles. The van der Waals surface area contributed by atoms with E-state index in [9.17, 15) is 0 Å². The minimum atomic E-state index is -3.11. The largest absolute Gasteiger partial charge is 0.309 e. The summed E-state index contributed by atoms with van der Waals surface area (Å²) in [5.74, 6) is 1.36. The van der Waals surface area contributed by atoms with E-state index in [0.29, 0.717) is 5.95 Å². The van der Waals surface area contributed by atoms with Gasteiger partial charge < -0.3 is 4.57 Å². The quantitative estimate of drug-likeness (QED) is 0.0853. The molecule has 7 heteroatoms. The second kappa shape index (κ2) is 23.0. The second-order valence-electron chi connectivity index (χ2n) is 24.8. The zero-order chi connectivity index (χ0) is 62.9. The predicted octanol–water partition coefficient (Wildman–Crippen LogP) is 15.9. The Kier molecular flexibility index (Phi) is 13.5. The fraction of sp³-hybridized carbons (Fsp3) is 0. The lowest BCUT2D eigenvalue weighted by Crippen LogP contribution is -2.74. The van der Waals surface area contributed by atoms with E-state index in [1.54, 1.807) is 0 Å². The number of fused-ring (bicyclic) bond motifs is 10. The SMILES string of the molecule is c1ccc(-c2cccc([Si](c3ccccc3)(c3ccccc3)c3cccc(-c4cc(-n5c6ccccc6c6ccccc65)nc(-n5c6ccccc6c6ccc7c(c8ccccc8n7-c7cccc([Si](c8ccccc8)(c8ccccc8)c8ccccc8)c7)c65)n4)c3)c2)cc1. The van der Waals surface area contributed by atoms with E-state index in [0.717, 1.165) is 88.2 Å². The van der Waals surface area contributed by atoms with Crippen LogP contribution in [0.15, 0.2) is 370 Å². The Bertz CT molecular complexity index is 5720. The van der Waals surface area contributed by atoms with Gasteiger partial charge in [0.15, 0.2) is 16.1 Å². The van der Waals surface area contributed by atoms with Crippen LogP contribution in [0.1, 0.15) is 0 Å². The highest BCUT2D eigenvalue weighted by molar-refractivity contribution is 7.20. The fourth-order valence-electron chi connectivity index (χ4n) is 15.7. The molecule has 4 aromatic heterocycles. The molecule has 5 nitrogen and oxygen atoms in total. The van der Waals surface area contributed by atoms with Crippen molar-refractivity contribution in [2.45, 2.75) is 0 Å². The van der Waals surface area contributed by atoms with Gasteiger partial charge in [-0.05, 0) is 95.1 Å². The van der Waals surface area contributed by atoms with Crippen molar-refractivity contribution in [2.24, 2.45) is 0 Å². The molecule has 0 N–H and O–H groups in total. The number of hydrogen-bond donors (Lipinski definition) is 0. The third-order valence-electron chi connectivity index (χ3n) is 19.7. The van der Waals surface area contributed by atoms with E-state index in [-0.39, 0.29) is 0 Å². The Morgan fingerprint density at radius 1 is 0.221 bits per heavy atom. The van der Waals surface area contributed by atoms with E-state index in [2.05, 4.69) is 384 Å². The average Bonchev–Trinajstić information content (AvgIpc) is 1.62. The Morgan fingerprint density at radius 2 is 0.589 bits per heavy atom. The lowest BCUT2D eigenvalue weighted by Gasteiger charge is -2.35. The van der Waals surface area contributed by atoms with E-state index in [1.165, 1.54) is 52.6 Å². The van der Waals surface area contributed by atoms with Crippen molar-refractivity contribution in [3.8, 4) is 39.8 Å². The van der Waals surface area contributed by atoms with Crippen LogP contribution in [0.3, 0.4) is 0 Å². The van der Waals surface area contributed by atoms with Gasteiger partial charge in [-0.1, -0.05) is 322 Å². The summed E-state index contributed by atoms with van der Waals surface area (Å²) in [7, 11) is -6.02. The highest BCUT2D eigenvalue weighted by Gasteiger charge is 2.43. The summed E-state index contributed by atoms with van der Waals surface area (Å²) in [4.78, 5) is 11.8. The van der Waals surface area contributed by atoms with Crippen molar-refractivity contribution >= 4 is 123 Å². The third-order valence-corrected chi connectivity index (χ3v) is 29.3. The highest BCUT2D eigenvalue weighted by atomic mass is 28.3. The van der Waals surface area contributed by atoms with Crippen molar-refractivity contribution in [2.75, 3.05) is 0 Å². The van der Waals surface area contributed by atoms with E-state index in [4.69, 9.17) is 9.97 Å². The van der Waals surface area contributed by atoms with Crippen LogP contribution in [0, 0.1) is 0 Å². The molecule has 0 amide bonds. The van der Waals surface area contributed by atoms with Gasteiger partial charge in [-0.25, -0.2) is 4.98 Å². The van der Waals surface area contributed by atoms with Gasteiger partial charge in [0.05, 0.1) is 38.8 Å². The monoisotopic (exact) mass is 1240 g/mol. The standard InChI is InChI=1S/C88H61N5Si2/c1-7-30-62(31-8-1)63-32-27-45-71(58-63)95(69-41-15-5-16-42-69,70-43-17-6-18-44-70)72-46-28-33-64(59-72)79-61-85(92-80-52-23-19-48-74(80)75-49-20-24-53-81(75)92)90-88(89-79)93-82-54-25-21-50-76(82)77-56-57-84-86(87(77)93)78-51-22-26-55-83(78)91(84)65-34-29-47-73(60-65)94(66-35-9-2-10-36-66,67-37-11-3-12-38-67)68-39-13-4-14-40-68/h1-61H. The minimum absolute atomic E-state index is 0.580. The number of para-hydroxylation sites is 4. The van der Waals surface area contributed by atoms with Crippen molar-refractivity contribution in [1.82, 2.24) is 23.7 Å². The lowest BCUT2D eigenvalue weighted by molar-refractivity contribution is 0.953. The minimum Gasteiger partial charge on any atom is -0.309 e. The van der Waals surface area contributed by atoms with E-state index < -0.39 is 16.1 Å². The molecular formula is C88H61N5Si2.